The van der Waals surface area contributed by atoms with Crippen LogP contribution in [0, 0.1) is 23.5 Å². The number of halogens is 2. The van der Waals surface area contributed by atoms with Gasteiger partial charge in [0, 0.05) is 56.4 Å². The van der Waals surface area contributed by atoms with Crippen molar-refractivity contribution in [3.05, 3.63) is 41.5 Å². The summed E-state index contributed by atoms with van der Waals surface area (Å²) < 4.78 is 32.5. The fourth-order valence-corrected chi connectivity index (χ4v) is 4.98. The van der Waals surface area contributed by atoms with E-state index in [1.807, 2.05) is 9.80 Å². The fraction of sp³-hybridized carbons (Fsp3) is 0.565. The number of nitrogens with zero attached hydrogens (tertiary/aromatic N) is 2. The van der Waals surface area contributed by atoms with E-state index in [0.717, 1.165) is 50.3 Å². The SMILES string of the molecule is O=C(C1CCOCC1)N1CC[C@H]2[C@H](CCCN2C(=O)/C=C/c2cc(F)ccc2F)C1. The summed E-state index contributed by atoms with van der Waals surface area (Å²) in [5, 5.41) is 0. The van der Waals surface area contributed by atoms with Crippen LogP contribution >= 0.6 is 0 Å². The number of benzene rings is 1. The van der Waals surface area contributed by atoms with Gasteiger partial charge in [0.25, 0.3) is 0 Å². The standard InChI is InChI=1S/C23H28F2N2O3/c24-19-4-5-20(25)17(14-19)3-6-22(28)27-10-1-2-18-15-26(11-7-21(18)27)23(29)16-8-12-30-13-9-16/h3-6,14,16,18,21H,1-2,7-13,15H2/b6-3+/t18-,21+/m1/s1. The van der Waals surface area contributed by atoms with Crippen molar-refractivity contribution in [3.8, 4) is 0 Å². The van der Waals surface area contributed by atoms with E-state index in [0.29, 0.717) is 32.8 Å². The molecule has 3 saturated heterocycles. The molecule has 1 aromatic rings. The number of hydrogen-bond donors (Lipinski definition) is 0. The Hall–Kier alpha value is -2.28. The third-order valence-corrected chi connectivity index (χ3v) is 6.60. The van der Waals surface area contributed by atoms with Crippen molar-refractivity contribution in [1.82, 2.24) is 9.80 Å². The van der Waals surface area contributed by atoms with E-state index in [1.54, 1.807) is 0 Å². The van der Waals surface area contributed by atoms with Crippen LogP contribution in [0.15, 0.2) is 24.3 Å². The van der Waals surface area contributed by atoms with Crippen LogP contribution < -0.4 is 0 Å². The molecule has 3 aliphatic rings. The molecule has 0 unspecified atom stereocenters. The molecular formula is C23H28F2N2O3. The number of fused-ring (bicyclic) bond motifs is 1. The van der Waals surface area contributed by atoms with Crippen LogP contribution in [-0.2, 0) is 14.3 Å². The zero-order chi connectivity index (χ0) is 21.1. The molecule has 5 nitrogen and oxygen atoms in total. The first-order valence-electron chi connectivity index (χ1n) is 10.8. The highest BCUT2D eigenvalue weighted by molar-refractivity contribution is 5.92. The van der Waals surface area contributed by atoms with E-state index < -0.39 is 11.6 Å². The van der Waals surface area contributed by atoms with Crippen LogP contribution in [0.4, 0.5) is 8.78 Å². The molecule has 0 saturated carbocycles. The van der Waals surface area contributed by atoms with Crippen LogP contribution in [0.3, 0.4) is 0 Å². The second kappa shape index (κ2) is 9.25. The number of amides is 2. The van der Waals surface area contributed by atoms with Gasteiger partial charge in [-0.15, -0.1) is 0 Å². The molecule has 0 radical (unpaired) electrons. The van der Waals surface area contributed by atoms with E-state index in [-0.39, 0.29) is 35.3 Å². The van der Waals surface area contributed by atoms with Gasteiger partial charge in [-0.3, -0.25) is 9.59 Å². The summed E-state index contributed by atoms with van der Waals surface area (Å²) in [6, 6.07) is 3.28. The predicted octanol–water partition coefficient (Wildman–Crippen LogP) is 3.24. The van der Waals surface area contributed by atoms with Crippen molar-refractivity contribution in [1.29, 1.82) is 0 Å². The number of ether oxygens (including phenoxy) is 1. The van der Waals surface area contributed by atoms with Crippen molar-refractivity contribution in [2.75, 3.05) is 32.8 Å². The molecule has 0 bridgehead atoms. The number of piperidine rings is 2. The van der Waals surface area contributed by atoms with Crippen LogP contribution in [0.1, 0.15) is 37.7 Å². The van der Waals surface area contributed by atoms with Crippen LogP contribution in [0.5, 0.6) is 0 Å². The molecule has 3 aliphatic heterocycles. The van der Waals surface area contributed by atoms with Gasteiger partial charge in [-0.05, 0) is 62.3 Å². The van der Waals surface area contributed by atoms with Gasteiger partial charge >= 0.3 is 0 Å². The largest absolute Gasteiger partial charge is 0.381 e. The summed E-state index contributed by atoms with van der Waals surface area (Å²) in [6.45, 7) is 3.30. The van der Waals surface area contributed by atoms with E-state index >= 15 is 0 Å². The van der Waals surface area contributed by atoms with Crippen molar-refractivity contribution < 1.29 is 23.1 Å². The third-order valence-electron chi connectivity index (χ3n) is 6.60. The molecule has 7 heteroatoms. The maximum absolute atomic E-state index is 13.8. The average molecular weight is 418 g/mol. The summed E-state index contributed by atoms with van der Waals surface area (Å²) >= 11 is 0. The number of hydrogen-bond acceptors (Lipinski definition) is 3. The van der Waals surface area contributed by atoms with Gasteiger partial charge in [0.2, 0.25) is 11.8 Å². The van der Waals surface area contributed by atoms with Gasteiger partial charge in [0.15, 0.2) is 0 Å². The van der Waals surface area contributed by atoms with Crippen molar-refractivity contribution in [3.63, 3.8) is 0 Å². The normalized spacial score (nSPS) is 25.4. The molecule has 0 aliphatic carbocycles. The number of carbonyl (C=O) groups is 2. The van der Waals surface area contributed by atoms with E-state index in [4.69, 9.17) is 4.74 Å². The number of rotatable bonds is 3. The Bertz CT molecular complexity index is 823. The molecular weight excluding hydrogens is 390 g/mol. The lowest BCUT2D eigenvalue weighted by Crippen LogP contribution is -2.57. The van der Waals surface area contributed by atoms with Gasteiger partial charge in [-0.25, -0.2) is 8.78 Å². The molecule has 162 valence electrons. The molecule has 4 rings (SSSR count). The lowest BCUT2D eigenvalue weighted by Gasteiger charge is -2.47. The van der Waals surface area contributed by atoms with Crippen LogP contribution in [0.2, 0.25) is 0 Å². The summed E-state index contributed by atoms with van der Waals surface area (Å²) in [5.41, 5.74) is 0.0637. The molecule has 1 aromatic carbocycles. The first-order valence-corrected chi connectivity index (χ1v) is 10.8. The van der Waals surface area contributed by atoms with Crippen LogP contribution in [-0.4, -0.2) is 60.5 Å². The Labute approximate surface area is 175 Å². The fourth-order valence-electron chi connectivity index (χ4n) is 4.98. The first kappa shape index (κ1) is 21.0. The summed E-state index contributed by atoms with van der Waals surface area (Å²) in [4.78, 5) is 29.5. The molecule has 0 N–H and O–H groups in total. The Morgan fingerprint density at radius 2 is 1.87 bits per heavy atom. The number of likely N-dealkylation sites (tertiary alicyclic amines) is 2. The molecule has 0 aromatic heterocycles. The van der Waals surface area contributed by atoms with Crippen molar-refractivity contribution >= 4 is 17.9 Å². The molecule has 3 fully saturated rings. The summed E-state index contributed by atoms with van der Waals surface area (Å²) in [7, 11) is 0. The third kappa shape index (κ3) is 4.56. The minimum Gasteiger partial charge on any atom is -0.381 e. The lowest BCUT2D eigenvalue weighted by atomic mass is 9.83. The van der Waals surface area contributed by atoms with Gasteiger partial charge in [0.1, 0.15) is 11.6 Å². The molecule has 2 amide bonds. The second-order valence-corrected chi connectivity index (χ2v) is 8.46. The second-order valence-electron chi connectivity index (χ2n) is 8.46. The van der Waals surface area contributed by atoms with Gasteiger partial charge in [-0.1, -0.05) is 0 Å². The predicted molar refractivity (Wildman–Crippen MR) is 108 cm³/mol. The zero-order valence-corrected chi connectivity index (χ0v) is 17.1. The molecule has 3 heterocycles. The summed E-state index contributed by atoms with van der Waals surface area (Å²) in [6.07, 6.45) is 6.88. The molecule has 30 heavy (non-hydrogen) atoms. The monoisotopic (exact) mass is 418 g/mol. The van der Waals surface area contributed by atoms with E-state index in [9.17, 15) is 18.4 Å². The smallest absolute Gasteiger partial charge is 0.246 e. The Balaban J connectivity index is 1.39. The molecule has 0 spiro atoms. The van der Waals surface area contributed by atoms with E-state index in [2.05, 4.69) is 0 Å². The van der Waals surface area contributed by atoms with Gasteiger partial charge in [0.05, 0.1) is 0 Å². The lowest BCUT2D eigenvalue weighted by molar-refractivity contribution is -0.144. The van der Waals surface area contributed by atoms with Gasteiger partial charge in [-0.2, -0.15) is 0 Å². The quantitative estimate of drug-likeness (QED) is 0.708. The summed E-state index contributed by atoms with van der Waals surface area (Å²) in [5.74, 6) is -0.737. The highest BCUT2D eigenvalue weighted by atomic mass is 19.1. The topological polar surface area (TPSA) is 49.9 Å². The van der Waals surface area contributed by atoms with Gasteiger partial charge < -0.3 is 14.5 Å². The minimum absolute atomic E-state index is 0.0562. The average Bonchev–Trinajstić information content (AvgIpc) is 2.78. The maximum Gasteiger partial charge on any atom is 0.246 e. The zero-order valence-electron chi connectivity index (χ0n) is 17.1. The Morgan fingerprint density at radius 1 is 1.07 bits per heavy atom. The highest BCUT2D eigenvalue weighted by Crippen LogP contribution is 2.32. The van der Waals surface area contributed by atoms with E-state index in [1.165, 1.54) is 12.2 Å². The highest BCUT2D eigenvalue weighted by Gasteiger charge is 2.40. The maximum atomic E-state index is 13.8. The van der Waals surface area contributed by atoms with Crippen molar-refractivity contribution in [2.24, 2.45) is 11.8 Å². The van der Waals surface area contributed by atoms with Crippen molar-refractivity contribution in [2.45, 2.75) is 38.1 Å². The number of carbonyl (C=O) groups excluding carboxylic acids is 2. The Kier molecular flexibility index (Phi) is 6.46. The minimum atomic E-state index is -0.558. The van der Waals surface area contributed by atoms with Crippen LogP contribution in [0.25, 0.3) is 6.08 Å². The first-order chi connectivity index (χ1) is 14.5. The Morgan fingerprint density at radius 3 is 2.67 bits per heavy atom. The molecule has 2 atom stereocenters.